The fourth-order valence-corrected chi connectivity index (χ4v) is 10.3. The topological polar surface area (TPSA) is 25.8 Å². The number of rotatable bonds is 2. The van der Waals surface area contributed by atoms with Crippen molar-refractivity contribution in [3.63, 3.8) is 0 Å². The molecule has 0 spiro atoms. The molecule has 0 bridgehead atoms. The summed E-state index contributed by atoms with van der Waals surface area (Å²) in [5.41, 5.74) is 3.14. The van der Waals surface area contributed by atoms with Crippen molar-refractivity contribution in [1.82, 2.24) is 9.97 Å². The van der Waals surface area contributed by atoms with Crippen LogP contribution in [-0.2, 0) is 0 Å². The van der Waals surface area contributed by atoms with E-state index in [1.807, 2.05) is 40.1 Å². The summed E-state index contributed by atoms with van der Waals surface area (Å²) in [6, 6.07) is 43.4. The van der Waals surface area contributed by atoms with Crippen LogP contribution in [-0.4, -0.2) is 9.97 Å². The van der Waals surface area contributed by atoms with Gasteiger partial charge in [-0.05, 0) is 18.2 Å². The average Bonchev–Trinajstić information content (AvgIpc) is 3.76. The van der Waals surface area contributed by atoms with Crippen LogP contribution in [0.1, 0.15) is 0 Å². The van der Waals surface area contributed by atoms with Crippen LogP contribution in [0.5, 0.6) is 0 Å². The van der Waals surface area contributed by atoms with Gasteiger partial charge in [0.05, 0.1) is 5.69 Å². The maximum Gasteiger partial charge on any atom is 0.161 e. The van der Waals surface area contributed by atoms with Gasteiger partial charge >= 0.3 is 0 Å². The van der Waals surface area contributed by atoms with Gasteiger partial charge in [0.15, 0.2) is 5.82 Å². The lowest BCUT2D eigenvalue weighted by molar-refractivity contribution is 1.24. The summed E-state index contributed by atoms with van der Waals surface area (Å²) >= 11 is 5.60. The van der Waals surface area contributed by atoms with Crippen LogP contribution in [0.25, 0.3) is 94.1 Å². The lowest BCUT2D eigenvalue weighted by Crippen LogP contribution is -1.93. The zero-order valence-corrected chi connectivity index (χ0v) is 25.1. The summed E-state index contributed by atoms with van der Waals surface area (Å²) in [6.45, 7) is 0. The first-order valence-corrected chi connectivity index (χ1v) is 16.7. The SMILES string of the molecule is c1ccc(-c2nc(-c3ccccc3)c3c(n2)sc2c4ccc5sc6ccccc6c5c4c4c5ccccc5sc4c23)cc1. The van der Waals surface area contributed by atoms with Gasteiger partial charge in [-0.3, -0.25) is 0 Å². The third kappa shape index (κ3) is 3.33. The van der Waals surface area contributed by atoms with E-state index in [0.29, 0.717) is 0 Å². The van der Waals surface area contributed by atoms with Gasteiger partial charge in [-0.15, -0.1) is 34.0 Å². The second-order valence-electron chi connectivity index (χ2n) is 10.9. The molecule has 0 fully saturated rings. The number of benzene rings is 6. The monoisotopic (exact) mass is 600 g/mol. The van der Waals surface area contributed by atoms with Gasteiger partial charge in [-0.1, -0.05) is 103 Å². The Morgan fingerprint density at radius 2 is 1.02 bits per heavy atom. The highest BCUT2D eigenvalue weighted by Crippen LogP contribution is 2.53. The standard InChI is InChI=1S/C38H20N2S3/c1-3-11-21(12-4-1)34-32-33-35(43-38(32)40-37(39-34)22-13-5-2-6-14-22)25-19-20-28-29(23-15-7-9-17-26(23)41-28)30(25)31-24-16-8-10-18-27(24)42-36(31)33/h1-20H. The molecule has 10 aromatic rings. The lowest BCUT2D eigenvalue weighted by Gasteiger charge is -2.09. The summed E-state index contributed by atoms with van der Waals surface area (Å²) in [7, 11) is 0. The van der Waals surface area contributed by atoms with Gasteiger partial charge < -0.3 is 0 Å². The van der Waals surface area contributed by atoms with Gasteiger partial charge in [0.2, 0.25) is 0 Å². The number of hydrogen-bond donors (Lipinski definition) is 0. The first-order valence-electron chi connectivity index (χ1n) is 14.3. The van der Waals surface area contributed by atoms with Crippen molar-refractivity contribution in [3.8, 4) is 22.6 Å². The van der Waals surface area contributed by atoms with Crippen LogP contribution in [0.15, 0.2) is 121 Å². The van der Waals surface area contributed by atoms with E-state index in [2.05, 4.69) is 115 Å². The smallest absolute Gasteiger partial charge is 0.161 e. The normalized spacial score (nSPS) is 12.2. The van der Waals surface area contributed by atoms with Gasteiger partial charge in [0.1, 0.15) is 4.83 Å². The Morgan fingerprint density at radius 1 is 0.372 bits per heavy atom. The molecule has 2 nitrogen and oxygen atoms in total. The first kappa shape index (κ1) is 23.8. The highest BCUT2D eigenvalue weighted by atomic mass is 32.1. The minimum absolute atomic E-state index is 0.765. The molecular formula is C38H20N2S3. The Balaban J connectivity index is 1.49. The summed E-state index contributed by atoms with van der Waals surface area (Å²) in [4.78, 5) is 11.6. The zero-order valence-electron chi connectivity index (χ0n) is 22.7. The molecule has 4 heterocycles. The number of nitrogens with zero attached hydrogens (tertiary/aromatic N) is 2. The number of thiophene rings is 3. The third-order valence-corrected chi connectivity index (χ3v) is 11.9. The van der Waals surface area contributed by atoms with Crippen molar-refractivity contribution in [2.75, 3.05) is 0 Å². The Labute approximate surface area is 258 Å². The van der Waals surface area contributed by atoms with E-state index in [0.717, 1.165) is 32.9 Å². The van der Waals surface area contributed by atoms with Crippen molar-refractivity contribution >= 4 is 105 Å². The maximum absolute atomic E-state index is 5.29. The van der Waals surface area contributed by atoms with Gasteiger partial charge in [-0.2, -0.15) is 0 Å². The molecule has 0 saturated heterocycles. The highest BCUT2D eigenvalue weighted by Gasteiger charge is 2.24. The minimum atomic E-state index is 0.765. The number of hydrogen-bond acceptors (Lipinski definition) is 5. The Bertz CT molecular complexity index is 2720. The van der Waals surface area contributed by atoms with Crippen LogP contribution in [0, 0.1) is 0 Å². The van der Waals surface area contributed by atoms with E-state index in [-0.39, 0.29) is 0 Å². The van der Waals surface area contributed by atoms with Gasteiger partial charge in [0, 0.05) is 77.7 Å². The van der Waals surface area contributed by atoms with Crippen LogP contribution >= 0.6 is 34.0 Å². The zero-order chi connectivity index (χ0) is 28.1. The van der Waals surface area contributed by atoms with E-state index >= 15 is 0 Å². The molecule has 200 valence electrons. The molecule has 0 aliphatic heterocycles. The van der Waals surface area contributed by atoms with E-state index < -0.39 is 0 Å². The van der Waals surface area contributed by atoms with Crippen LogP contribution in [0.4, 0.5) is 0 Å². The molecule has 0 saturated carbocycles. The molecular weight excluding hydrogens is 581 g/mol. The molecule has 0 unspecified atom stereocenters. The predicted molar refractivity (Wildman–Crippen MR) is 189 cm³/mol. The summed E-state index contributed by atoms with van der Waals surface area (Å²) in [5.74, 6) is 0.765. The maximum atomic E-state index is 5.29. The van der Waals surface area contributed by atoms with Crippen LogP contribution in [0.3, 0.4) is 0 Å². The fraction of sp³-hybridized carbons (Fsp3) is 0. The lowest BCUT2D eigenvalue weighted by atomic mass is 9.95. The summed E-state index contributed by atoms with van der Waals surface area (Å²) in [5, 5.41) is 10.5. The van der Waals surface area contributed by atoms with E-state index in [9.17, 15) is 0 Å². The first-order chi connectivity index (χ1) is 21.3. The summed E-state index contributed by atoms with van der Waals surface area (Å²) < 4.78 is 6.59. The average molecular weight is 601 g/mol. The minimum Gasteiger partial charge on any atom is -0.227 e. The van der Waals surface area contributed by atoms with Crippen molar-refractivity contribution in [1.29, 1.82) is 0 Å². The summed E-state index contributed by atoms with van der Waals surface area (Å²) in [6.07, 6.45) is 0. The van der Waals surface area contributed by atoms with E-state index in [1.165, 1.54) is 61.2 Å². The molecule has 4 aromatic heterocycles. The molecule has 0 amide bonds. The quantitative estimate of drug-likeness (QED) is 0.197. The number of fused-ring (bicyclic) bond motifs is 14. The van der Waals surface area contributed by atoms with Crippen molar-refractivity contribution < 1.29 is 0 Å². The molecule has 0 N–H and O–H groups in total. The van der Waals surface area contributed by atoms with E-state index in [4.69, 9.17) is 9.97 Å². The van der Waals surface area contributed by atoms with E-state index in [1.54, 1.807) is 0 Å². The molecule has 10 rings (SSSR count). The molecule has 43 heavy (non-hydrogen) atoms. The molecule has 0 aliphatic rings. The highest BCUT2D eigenvalue weighted by molar-refractivity contribution is 7.30. The molecule has 0 aliphatic carbocycles. The van der Waals surface area contributed by atoms with Crippen molar-refractivity contribution in [2.45, 2.75) is 0 Å². The second-order valence-corrected chi connectivity index (χ2v) is 14.0. The third-order valence-electron chi connectivity index (χ3n) is 8.49. The Hall–Kier alpha value is -4.68. The predicted octanol–water partition coefficient (Wildman–Crippen LogP) is 12.1. The van der Waals surface area contributed by atoms with Crippen molar-refractivity contribution in [2.24, 2.45) is 0 Å². The van der Waals surface area contributed by atoms with Crippen LogP contribution < -0.4 is 0 Å². The van der Waals surface area contributed by atoms with Gasteiger partial charge in [-0.25, -0.2) is 9.97 Å². The van der Waals surface area contributed by atoms with Gasteiger partial charge in [0.25, 0.3) is 0 Å². The fourth-order valence-electron chi connectivity index (χ4n) is 6.66. The molecule has 0 atom stereocenters. The van der Waals surface area contributed by atoms with Crippen LogP contribution in [0.2, 0.25) is 0 Å². The Morgan fingerprint density at radius 3 is 1.79 bits per heavy atom. The largest absolute Gasteiger partial charge is 0.227 e. The molecule has 5 heteroatoms. The number of aromatic nitrogens is 2. The van der Waals surface area contributed by atoms with Crippen molar-refractivity contribution in [3.05, 3.63) is 121 Å². The molecule has 0 radical (unpaired) electrons. The molecule has 6 aromatic carbocycles. The second kappa shape index (κ2) is 8.91. The Kier molecular flexibility index (Phi) is 4.94.